The Hall–Kier alpha value is -4.22. The molecule has 0 spiro atoms. The monoisotopic (exact) mass is 476 g/mol. The normalized spacial score (nSPS) is 10.7. The molecule has 0 fully saturated rings. The van der Waals surface area contributed by atoms with Crippen LogP contribution in [0.25, 0.3) is 0 Å². The van der Waals surface area contributed by atoms with Gasteiger partial charge in [-0.3, -0.25) is 29.8 Å². The van der Waals surface area contributed by atoms with E-state index < -0.39 is 55.8 Å². The molecule has 34 heavy (non-hydrogen) atoms. The molecule has 0 saturated heterocycles. The van der Waals surface area contributed by atoms with Gasteiger partial charge in [0.2, 0.25) is 11.5 Å². The maximum absolute atomic E-state index is 12.2. The molecule has 0 aliphatic carbocycles. The van der Waals surface area contributed by atoms with Crippen LogP contribution < -0.4 is 0 Å². The second-order valence-corrected chi connectivity index (χ2v) is 7.64. The molecule has 0 aromatic heterocycles. The van der Waals surface area contributed by atoms with Gasteiger partial charge in [0.05, 0.1) is 21.0 Å². The van der Waals surface area contributed by atoms with Crippen LogP contribution in [0.4, 0.5) is 11.4 Å². The number of hydrogen-bond acceptors (Lipinski definition) is 10. The Morgan fingerprint density at radius 1 is 0.618 bits per heavy atom. The fourth-order valence-electron chi connectivity index (χ4n) is 3.50. The van der Waals surface area contributed by atoms with Crippen molar-refractivity contribution in [3.8, 4) is 23.0 Å². The summed E-state index contributed by atoms with van der Waals surface area (Å²) in [6.07, 6.45) is 3.93. The third kappa shape index (κ3) is 6.18. The maximum atomic E-state index is 12.2. The second kappa shape index (κ2) is 11.6. The Balaban J connectivity index is 1.72. The summed E-state index contributed by atoms with van der Waals surface area (Å²) in [5.74, 6) is -4.12. The molecule has 0 aliphatic rings. The van der Waals surface area contributed by atoms with E-state index in [2.05, 4.69) is 0 Å². The van der Waals surface area contributed by atoms with E-state index in [4.69, 9.17) is 0 Å². The van der Waals surface area contributed by atoms with Crippen molar-refractivity contribution in [3.63, 3.8) is 0 Å². The lowest BCUT2D eigenvalue weighted by molar-refractivity contribution is -0.387. The van der Waals surface area contributed by atoms with Crippen molar-refractivity contribution in [1.29, 1.82) is 0 Å². The lowest BCUT2D eigenvalue weighted by atomic mass is 10.00. The number of nitro benzene ring substituents is 2. The van der Waals surface area contributed by atoms with Crippen molar-refractivity contribution < 1.29 is 39.9 Å². The molecule has 0 unspecified atom stereocenters. The van der Waals surface area contributed by atoms with E-state index >= 15 is 0 Å². The molecule has 0 heterocycles. The summed E-state index contributed by atoms with van der Waals surface area (Å²) >= 11 is 0. The van der Waals surface area contributed by atoms with E-state index in [1.54, 1.807) is 0 Å². The molecule has 0 aliphatic heterocycles. The van der Waals surface area contributed by atoms with Crippen LogP contribution in [0.3, 0.4) is 0 Å². The highest BCUT2D eigenvalue weighted by atomic mass is 16.6. The van der Waals surface area contributed by atoms with Crippen LogP contribution >= 0.6 is 0 Å². The molecule has 0 amide bonds. The first kappa shape index (κ1) is 26.0. The Labute approximate surface area is 193 Å². The minimum atomic E-state index is -0.962. The summed E-state index contributed by atoms with van der Waals surface area (Å²) in [5, 5.41) is 60.5. The van der Waals surface area contributed by atoms with Gasteiger partial charge >= 0.3 is 11.4 Å². The smallest absolute Gasteiger partial charge is 0.352 e. The van der Waals surface area contributed by atoms with Crippen molar-refractivity contribution in [2.24, 2.45) is 0 Å². The fraction of sp³-hybridized carbons (Fsp3) is 0.364. The molecule has 182 valence electrons. The number of carbonyl (C=O) groups is 2. The van der Waals surface area contributed by atoms with Gasteiger partial charge in [-0.05, 0) is 37.1 Å². The van der Waals surface area contributed by atoms with Gasteiger partial charge in [-0.15, -0.1) is 0 Å². The van der Waals surface area contributed by atoms with E-state index in [9.17, 15) is 50.2 Å². The average molecular weight is 476 g/mol. The van der Waals surface area contributed by atoms with Crippen LogP contribution in [-0.4, -0.2) is 41.8 Å². The zero-order chi connectivity index (χ0) is 25.4. The van der Waals surface area contributed by atoms with Crippen LogP contribution in [0, 0.1) is 20.2 Å². The summed E-state index contributed by atoms with van der Waals surface area (Å²) in [6.45, 7) is 0. The van der Waals surface area contributed by atoms with Gasteiger partial charge in [0.1, 0.15) is 0 Å². The number of unbranched alkanes of at least 4 members (excludes halogenated alkanes) is 5. The number of hydrogen-bond donors (Lipinski definition) is 4. The predicted molar refractivity (Wildman–Crippen MR) is 118 cm³/mol. The Morgan fingerprint density at radius 3 is 1.26 bits per heavy atom. The van der Waals surface area contributed by atoms with E-state index in [1.807, 2.05) is 0 Å². The lowest BCUT2D eigenvalue weighted by Crippen LogP contribution is -2.02. The fourth-order valence-corrected chi connectivity index (χ4v) is 3.50. The molecule has 2 aromatic rings. The highest BCUT2D eigenvalue weighted by molar-refractivity contribution is 6.00. The Bertz CT molecular complexity index is 1030. The summed E-state index contributed by atoms with van der Waals surface area (Å²) < 4.78 is 0. The first-order valence-electron chi connectivity index (χ1n) is 10.5. The SMILES string of the molecule is O=C(CCCCCCCCC(=O)c1ccc(O)c([N+](=O)[O-])c1O)c1ccc(O)c([N+](=O)[O-])c1O. The predicted octanol–water partition coefficient (Wildman–Crippen LogP) is 4.51. The molecule has 0 saturated carbocycles. The largest absolute Gasteiger partial charge is 0.502 e. The number of ketones is 2. The molecular weight excluding hydrogens is 452 g/mol. The van der Waals surface area contributed by atoms with E-state index in [0.29, 0.717) is 25.7 Å². The number of carbonyl (C=O) groups excluding carboxylic acids is 2. The zero-order valence-corrected chi connectivity index (χ0v) is 18.1. The average Bonchev–Trinajstić information content (AvgIpc) is 2.74. The van der Waals surface area contributed by atoms with Crippen molar-refractivity contribution in [2.75, 3.05) is 0 Å². The number of phenols is 4. The van der Waals surface area contributed by atoms with Gasteiger partial charge in [-0.25, -0.2) is 0 Å². The van der Waals surface area contributed by atoms with E-state index in [1.165, 1.54) is 0 Å². The van der Waals surface area contributed by atoms with Crippen LogP contribution in [0.2, 0.25) is 0 Å². The molecule has 0 atom stereocenters. The Kier molecular flexibility index (Phi) is 8.87. The summed E-state index contributed by atoms with van der Waals surface area (Å²) in [7, 11) is 0. The summed E-state index contributed by atoms with van der Waals surface area (Å²) in [5.41, 5.74) is -2.26. The molecular formula is C22H24N2O10. The van der Waals surface area contributed by atoms with Crippen molar-refractivity contribution in [3.05, 3.63) is 55.6 Å². The third-order valence-electron chi connectivity index (χ3n) is 5.28. The number of phenolic OH excluding ortho intramolecular Hbond substituents is 4. The Morgan fingerprint density at radius 2 is 0.941 bits per heavy atom. The molecule has 0 bridgehead atoms. The minimum absolute atomic E-state index is 0.0624. The van der Waals surface area contributed by atoms with Gasteiger partial charge in [0.25, 0.3) is 0 Å². The van der Waals surface area contributed by atoms with Gasteiger partial charge in [-0.1, -0.05) is 25.7 Å². The maximum Gasteiger partial charge on any atom is 0.352 e. The zero-order valence-electron chi connectivity index (χ0n) is 18.1. The highest BCUT2D eigenvalue weighted by Crippen LogP contribution is 2.39. The minimum Gasteiger partial charge on any atom is -0.502 e. The standard InChI is InChI=1S/C22H24N2O10/c25-15(13-9-11-17(27)19(21(13)29)23(31)32)7-5-3-1-2-4-6-8-16(26)14-10-12-18(28)20(22(14)30)24(33)34/h9-12,27-30H,1-8H2. The molecule has 2 aromatic carbocycles. The molecule has 4 N–H and O–H groups in total. The van der Waals surface area contributed by atoms with Gasteiger partial charge in [0, 0.05) is 12.8 Å². The first-order valence-corrected chi connectivity index (χ1v) is 10.5. The number of aromatic hydroxyl groups is 4. The van der Waals surface area contributed by atoms with Crippen LogP contribution in [0.5, 0.6) is 23.0 Å². The van der Waals surface area contributed by atoms with Crippen molar-refractivity contribution >= 4 is 22.9 Å². The highest BCUT2D eigenvalue weighted by Gasteiger charge is 2.26. The molecule has 12 heteroatoms. The van der Waals surface area contributed by atoms with Gasteiger partial charge in [-0.2, -0.15) is 0 Å². The number of benzene rings is 2. The van der Waals surface area contributed by atoms with Crippen LogP contribution in [0.15, 0.2) is 24.3 Å². The summed E-state index contributed by atoms with van der Waals surface area (Å²) in [4.78, 5) is 44.3. The number of rotatable bonds is 13. The van der Waals surface area contributed by atoms with E-state index in [0.717, 1.165) is 37.1 Å². The quantitative estimate of drug-likeness (QED) is 0.138. The summed E-state index contributed by atoms with van der Waals surface area (Å²) in [6, 6.07) is 4.25. The topological polar surface area (TPSA) is 201 Å². The van der Waals surface area contributed by atoms with Crippen LogP contribution in [0.1, 0.15) is 72.1 Å². The second-order valence-electron chi connectivity index (χ2n) is 7.64. The molecule has 12 nitrogen and oxygen atoms in total. The number of Topliss-reactive ketones (excluding diaryl/α,β-unsaturated/α-hetero) is 2. The van der Waals surface area contributed by atoms with Gasteiger partial charge in [0.15, 0.2) is 23.1 Å². The van der Waals surface area contributed by atoms with E-state index in [-0.39, 0.29) is 24.0 Å². The van der Waals surface area contributed by atoms with Crippen molar-refractivity contribution in [2.45, 2.75) is 51.4 Å². The number of nitro groups is 2. The third-order valence-corrected chi connectivity index (χ3v) is 5.28. The molecule has 0 radical (unpaired) electrons. The molecule has 2 rings (SSSR count). The van der Waals surface area contributed by atoms with Crippen molar-refractivity contribution in [1.82, 2.24) is 0 Å². The van der Waals surface area contributed by atoms with Gasteiger partial charge < -0.3 is 20.4 Å². The number of nitrogens with zero attached hydrogens (tertiary/aromatic N) is 2. The van der Waals surface area contributed by atoms with Crippen LogP contribution in [-0.2, 0) is 0 Å². The first-order chi connectivity index (χ1) is 16.1. The lowest BCUT2D eigenvalue weighted by Gasteiger charge is -2.06.